The van der Waals surface area contributed by atoms with Crippen molar-refractivity contribution in [2.24, 2.45) is 7.05 Å². The van der Waals surface area contributed by atoms with Crippen LogP contribution in [0, 0.1) is 0 Å². The number of oxazole rings is 1. The number of aromatic nitrogens is 1. The molecule has 4 nitrogen and oxygen atoms in total. The maximum atomic E-state index is 6.34. The van der Waals surface area contributed by atoms with Crippen LogP contribution < -0.4 is 4.57 Å². The standard InChI is InChI=1S/C16H30NO3Si/c1-7-8-9-10-19-21(14(2)3,15(4)5)20-12-16-11-18-13-17(16)6/h9-11,13-15H,7-8,12H2,1-6H3/q+1. The van der Waals surface area contributed by atoms with Crippen molar-refractivity contribution in [3.63, 3.8) is 0 Å². The average molecular weight is 313 g/mol. The van der Waals surface area contributed by atoms with E-state index in [0.29, 0.717) is 17.7 Å². The van der Waals surface area contributed by atoms with Crippen molar-refractivity contribution in [3.8, 4) is 0 Å². The molecule has 0 unspecified atom stereocenters. The summed E-state index contributed by atoms with van der Waals surface area (Å²) >= 11 is 0. The van der Waals surface area contributed by atoms with Gasteiger partial charge in [0, 0.05) is 11.1 Å². The van der Waals surface area contributed by atoms with Gasteiger partial charge in [-0.2, -0.15) is 4.57 Å². The topological polar surface area (TPSA) is 35.5 Å². The Balaban J connectivity index is 2.82. The molecule has 1 heterocycles. The third-order valence-corrected chi connectivity index (χ3v) is 8.05. The molecule has 0 radical (unpaired) electrons. The molecule has 0 atom stereocenters. The van der Waals surface area contributed by atoms with Crippen LogP contribution in [0.4, 0.5) is 0 Å². The first kappa shape index (κ1) is 18.0. The molecule has 0 amide bonds. The first-order valence-electron chi connectivity index (χ1n) is 7.81. The van der Waals surface area contributed by atoms with Crippen LogP contribution in [0.25, 0.3) is 0 Å². The minimum Gasteiger partial charge on any atom is -0.527 e. The molecule has 0 aromatic carbocycles. The van der Waals surface area contributed by atoms with Crippen LogP contribution in [0.15, 0.2) is 29.4 Å². The number of allylic oxidation sites excluding steroid dienone is 1. The van der Waals surface area contributed by atoms with E-state index < -0.39 is 8.56 Å². The minimum absolute atomic E-state index is 0.376. The lowest BCUT2D eigenvalue weighted by Gasteiger charge is -2.35. The summed E-state index contributed by atoms with van der Waals surface area (Å²) in [6, 6.07) is 0. The Bertz CT molecular complexity index is 432. The molecule has 0 aliphatic carbocycles. The fourth-order valence-corrected chi connectivity index (χ4v) is 5.66. The van der Waals surface area contributed by atoms with Crippen LogP contribution >= 0.6 is 0 Å². The van der Waals surface area contributed by atoms with Crippen molar-refractivity contribution in [1.82, 2.24) is 0 Å². The van der Waals surface area contributed by atoms with Crippen LogP contribution in [0.2, 0.25) is 11.1 Å². The molecule has 0 saturated carbocycles. The predicted molar refractivity (Wildman–Crippen MR) is 85.8 cm³/mol. The maximum Gasteiger partial charge on any atom is 0.404 e. The van der Waals surface area contributed by atoms with Gasteiger partial charge in [-0.25, -0.2) is 0 Å². The van der Waals surface area contributed by atoms with Crippen LogP contribution in [0.5, 0.6) is 0 Å². The molecule has 0 aliphatic rings. The van der Waals surface area contributed by atoms with Gasteiger partial charge < -0.3 is 13.3 Å². The van der Waals surface area contributed by atoms with Crippen molar-refractivity contribution in [3.05, 3.63) is 30.7 Å². The lowest BCUT2D eigenvalue weighted by molar-refractivity contribution is -0.683. The molecule has 0 aliphatic heterocycles. The Labute approximate surface area is 130 Å². The molecule has 0 saturated heterocycles. The molecule has 1 aromatic heterocycles. The van der Waals surface area contributed by atoms with Gasteiger partial charge >= 0.3 is 15.0 Å². The Morgan fingerprint density at radius 3 is 2.43 bits per heavy atom. The molecule has 1 aromatic rings. The highest BCUT2D eigenvalue weighted by Gasteiger charge is 2.46. The highest BCUT2D eigenvalue weighted by atomic mass is 28.4. The first-order valence-corrected chi connectivity index (χ1v) is 9.78. The molecule has 0 fully saturated rings. The van der Waals surface area contributed by atoms with E-state index in [2.05, 4.69) is 40.7 Å². The van der Waals surface area contributed by atoms with E-state index in [1.54, 1.807) is 12.7 Å². The number of unbranched alkanes of at least 4 members (excludes halogenated alkanes) is 1. The zero-order valence-electron chi connectivity index (χ0n) is 14.3. The molecule has 21 heavy (non-hydrogen) atoms. The van der Waals surface area contributed by atoms with Crippen LogP contribution in [-0.4, -0.2) is 8.56 Å². The molecule has 0 bridgehead atoms. The van der Waals surface area contributed by atoms with E-state index in [4.69, 9.17) is 13.3 Å². The number of hydrogen-bond acceptors (Lipinski definition) is 3. The van der Waals surface area contributed by atoms with Gasteiger partial charge in [-0.15, -0.1) is 0 Å². The number of nitrogens with zero attached hydrogens (tertiary/aromatic N) is 1. The van der Waals surface area contributed by atoms with Gasteiger partial charge in [0.15, 0.2) is 6.26 Å². The van der Waals surface area contributed by atoms with E-state index in [1.807, 2.05) is 17.9 Å². The Morgan fingerprint density at radius 2 is 1.95 bits per heavy atom. The summed E-state index contributed by atoms with van der Waals surface area (Å²) in [6.07, 6.45) is 9.51. The summed E-state index contributed by atoms with van der Waals surface area (Å²) in [5.74, 6) is 0. The lowest BCUT2D eigenvalue weighted by Crippen LogP contribution is -2.47. The molecule has 1 rings (SSSR count). The van der Waals surface area contributed by atoms with Crippen molar-refractivity contribution in [2.75, 3.05) is 0 Å². The second-order valence-corrected chi connectivity index (χ2v) is 10.3. The van der Waals surface area contributed by atoms with E-state index in [-0.39, 0.29) is 0 Å². The SMILES string of the molecule is CCCC=CO[Si](OCc1coc[n+]1C)(C(C)C)C(C)C. The summed E-state index contributed by atoms with van der Waals surface area (Å²) in [5.41, 5.74) is 1.77. The van der Waals surface area contributed by atoms with Gasteiger partial charge in [0.1, 0.15) is 13.7 Å². The molecule has 5 heteroatoms. The van der Waals surface area contributed by atoms with E-state index in [9.17, 15) is 0 Å². The van der Waals surface area contributed by atoms with Gasteiger partial charge in [-0.1, -0.05) is 47.1 Å². The van der Waals surface area contributed by atoms with Crippen LogP contribution in [-0.2, 0) is 22.5 Å². The maximum absolute atomic E-state index is 6.34. The molecular formula is C16H30NO3Si+. The largest absolute Gasteiger partial charge is 0.527 e. The molecule has 0 spiro atoms. The summed E-state index contributed by atoms with van der Waals surface area (Å²) in [6.45, 7) is 11.4. The highest BCUT2D eigenvalue weighted by Crippen LogP contribution is 2.35. The van der Waals surface area contributed by atoms with Crippen LogP contribution in [0.1, 0.15) is 53.2 Å². The van der Waals surface area contributed by atoms with Gasteiger partial charge in [0.25, 0.3) is 0 Å². The first-order chi connectivity index (χ1) is 9.94. The summed E-state index contributed by atoms with van der Waals surface area (Å²) in [4.78, 5) is 0. The zero-order chi connectivity index (χ0) is 15.9. The van der Waals surface area contributed by atoms with E-state index in [1.165, 1.54) is 0 Å². The van der Waals surface area contributed by atoms with Gasteiger partial charge in [0.2, 0.25) is 5.69 Å². The summed E-state index contributed by atoms with van der Waals surface area (Å²) in [5, 5.41) is 0. The Morgan fingerprint density at radius 1 is 1.29 bits per heavy atom. The molecule has 0 N–H and O–H groups in total. The third-order valence-electron chi connectivity index (χ3n) is 3.74. The second-order valence-electron chi connectivity index (χ2n) is 6.06. The Hall–Kier alpha value is -1.07. The van der Waals surface area contributed by atoms with Crippen molar-refractivity contribution in [2.45, 2.75) is 65.1 Å². The lowest BCUT2D eigenvalue weighted by atomic mass is 10.3. The fraction of sp³-hybridized carbons (Fsp3) is 0.688. The number of rotatable bonds is 9. The van der Waals surface area contributed by atoms with Crippen LogP contribution in [0.3, 0.4) is 0 Å². The van der Waals surface area contributed by atoms with Crippen molar-refractivity contribution >= 4 is 8.56 Å². The van der Waals surface area contributed by atoms with E-state index >= 15 is 0 Å². The van der Waals surface area contributed by atoms with Gasteiger partial charge in [0.05, 0.1) is 6.26 Å². The van der Waals surface area contributed by atoms with Gasteiger partial charge in [-0.3, -0.25) is 0 Å². The zero-order valence-corrected chi connectivity index (χ0v) is 15.3. The second kappa shape index (κ2) is 8.39. The third kappa shape index (κ3) is 4.71. The Kier molecular flexibility index (Phi) is 7.18. The number of hydrogen-bond donors (Lipinski definition) is 0. The smallest absolute Gasteiger partial charge is 0.404 e. The van der Waals surface area contributed by atoms with Crippen molar-refractivity contribution < 1.29 is 17.8 Å². The number of aryl methyl sites for hydroxylation is 1. The minimum atomic E-state index is -2.32. The average Bonchev–Trinajstić information content (AvgIpc) is 2.83. The van der Waals surface area contributed by atoms with E-state index in [0.717, 1.165) is 18.5 Å². The summed E-state index contributed by atoms with van der Waals surface area (Å²) < 4.78 is 19.7. The quantitative estimate of drug-likeness (QED) is 0.389. The molecular weight excluding hydrogens is 282 g/mol. The fourth-order valence-electron chi connectivity index (χ4n) is 2.37. The molecule has 120 valence electrons. The van der Waals surface area contributed by atoms with Gasteiger partial charge in [-0.05, 0) is 6.42 Å². The van der Waals surface area contributed by atoms with Crippen molar-refractivity contribution in [1.29, 1.82) is 0 Å². The monoisotopic (exact) mass is 312 g/mol. The normalized spacial score (nSPS) is 12.8. The highest BCUT2D eigenvalue weighted by molar-refractivity contribution is 6.70. The summed E-state index contributed by atoms with van der Waals surface area (Å²) in [7, 11) is -0.365. The predicted octanol–water partition coefficient (Wildman–Crippen LogP) is 4.21.